The van der Waals surface area contributed by atoms with E-state index in [0.717, 1.165) is 62.2 Å². The third kappa shape index (κ3) is 8.17. The van der Waals surface area contributed by atoms with Crippen molar-refractivity contribution in [2.45, 2.75) is 103 Å². The number of hydrogen-bond donors (Lipinski definition) is 0. The van der Waals surface area contributed by atoms with Gasteiger partial charge in [-0.05, 0) is 87.7 Å². The molecule has 2 fully saturated rings. The van der Waals surface area contributed by atoms with Gasteiger partial charge in [0, 0.05) is 19.4 Å². The second-order valence-electron chi connectivity index (χ2n) is 10.2. The maximum atomic E-state index is 12.7. The fraction of sp³-hybridized carbons (Fsp3) is 0.786. The summed E-state index contributed by atoms with van der Waals surface area (Å²) in [4.78, 5) is 17.2. The zero-order valence-corrected chi connectivity index (χ0v) is 20.5. The molecule has 1 aromatic heterocycles. The van der Waals surface area contributed by atoms with Crippen molar-refractivity contribution in [1.82, 2.24) is 4.98 Å². The van der Waals surface area contributed by atoms with Crippen LogP contribution in [0.2, 0.25) is 0 Å². The topological polar surface area (TPSA) is 48.4 Å². The van der Waals surface area contributed by atoms with Crippen LogP contribution in [0.25, 0.3) is 0 Å². The minimum absolute atomic E-state index is 0.0530. The molecule has 3 rings (SSSR count). The molecule has 0 aliphatic heterocycles. The molecule has 0 saturated heterocycles. The minimum Gasteiger partial charge on any atom is -0.425 e. The number of aromatic nitrogens is 1. The second kappa shape index (κ2) is 14.0. The number of aryl methyl sites for hydroxylation is 1. The van der Waals surface area contributed by atoms with E-state index in [9.17, 15) is 4.79 Å². The molecule has 0 atom stereocenters. The van der Waals surface area contributed by atoms with Crippen molar-refractivity contribution in [2.24, 2.45) is 23.7 Å². The number of carbonyl (C=O) groups is 1. The smallest absolute Gasteiger partial charge is 0.314 e. The maximum absolute atomic E-state index is 12.7. The van der Waals surface area contributed by atoms with Crippen molar-refractivity contribution in [3.63, 3.8) is 0 Å². The Balaban J connectivity index is 1.33. The summed E-state index contributed by atoms with van der Waals surface area (Å²) in [5.41, 5.74) is 1.07. The highest BCUT2D eigenvalue weighted by Crippen LogP contribution is 2.42. The standard InChI is InChI=1S/C28H45NO3/c1-3-8-22-10-12-23(13-11-22)24-14-16-25(17-15-24)28(30)32-27-19-18-26(29-21-27)9-6-4-5-7-20-31-2/h18-19,21-25H,3-17,20H2,1-2H3. The molecule has 1 aromatic rings. The van der Waals surface area contributed by atoms with Crippen molar-refractivity contribution in [2.75, 3.05) is 13.7 Å². The quantitative estimate of drug-likeness (QED) is 0.254. The number of pyridine rings is 1. The molecular formula is C28H45NO3. The minimum atomic E-state index is -0.0530. The number of nitrogens with zero attached hydrogens (tertiary/aromatic N) is 1. The predicted octanol–water partition coefficient (Wildman–Crippen LogP) is 7.15. The van der Waals surface area contributed by atoms with E-state index in [1.807, 2.05) is 12.1 Å². The number of rotatable bonds is 12. The molecule has 0 spiro atoms. The van der Waals surface area contributed by atoms with Crippen molar-refractivity contribution in [1.29, 1.82) is 0 Å². The van der Waals surface area contributed by atoms with Crippen LogP contribution in [0.4, 0.5) is 0 Å². The summed E-state index contributed by atoms with van der Waals surface area (Å²) in [5.74, 6) is 3.31. The van der Waals surface area contributed by atoms with Crippen LogP contribution >= 0.6 is 0 Å². The average Bonchev–Trinajstić information content (AvgIpc) is 2.83. The Bertz CT molecular complexity index is 643. The maximum Gasteiger partial charge on any atom is 0.314 e. The van der Waals surface area contributed by atoms with Gasteiger partial charge in [0.2, 0.25) is 0 Å². The third-order valence-corrected chi connectivity index (χ3v) is 7.91. The van der Waals surface area contributed by atoms with Crippen molar-refractivity contribution in [3.05, 3.63) is 24.0 Å². The highest BCUT2D eigenvalue weighted by molar-refractivity contribution is 5.75. The molecule has 0 aromatic carbocycles. The van der Waals surface area contributed by atoms with Crippen LogP contribution in [0.15, 0.2) is 18.3 Å². The second-order valence-corrected chi connectivity index (χ2v) is 10.2. The Hall–Kier alpha value is -1.42. The van der Waals surface area contributed by atoms with Crippen LogP contribution in [0.3, 0.4) is 0 Å². The van der Waals surface area contributed by atoms with Gasteiger partial charge in [0.15, 0.2) is 0 Å². The van der Waals surface area contributed by atoms with Gasteiger partial charge >= 0.3 is 5.97 Å². The summed E-state index contributed by atoms with van der Waals surface area (Å²) in [6.07, 6.45) is 20.2. The lowest BCUT2D eigenvalue weighted by Crippen LogP contribution is -2.30. The normalized spacial score (nSPS) is 26.1. The van der Waals surface area contributed by atoms with Crippen LogP contribution < -0.4 is 4.74 Å². The van der Waals surface area contributed by atoms with E-state index < -0.39 is 0 Å². The van der Waals surface area contributed by atoms with E-state index >= 15 is 0 Å². The van der Waals surface area contributed by atoms with Crippen LogP contribution in [-0.2, 0) is 16.0 Å². The van der Waals surface area contributed by atoms with Crippen LogP contribution in [0, 0.1) is 23.7 Å². The highest BCUT2D eigenvalue weighted by atomic mass is 16.5. The van der Waals surface area contributed by atoms with E-state index in [4.69, 9.17) is 9.47 Å². The largest absolute Gasteiger partial charge is 0.425 e. The molecule has 4 heteroatoms. The Morgan fingerprint density at radius 3 is 2.25 bits per heavy atom. The van der Waals surface area contributed by atoms with Gasteiger partial charge in [-0.25, -0.2) is 0 Å². The molecule has 0 radical (unpaired) electrons. The lowest BCUT2D eigenvalue weighted by Gasteiger charge is -2.37. The summed E-state index contributed by atoms with van der Waals surface area (Å²) >= 11 is 0. The van der Waals surface area contributed by atoms with Gasteiger partial charge in [0.05, 0.1) is 12.1 Å². The van der Waals surface area contributed by atoms with Gasteiger partial charge in [-0.2, -0.15) is 0 Å². The van der Waals surface area contributed by atoms with Crippen molar-refractivity contribution in [3.8, 4) is 5.75 Å². The molecule has 0 amide bonds. The molecule has 180 valence electrons. The molecule has 0 unspecified atom stereocenters. The Morgan fingerprint density at radius 2 is 1.62 bits per heavy atom. The fourth-order valence-electron chi connectivity index (χ4n) is 5.91. The molecule has 0 bridgehead atoms. The summed E-state index contributed by atoms with van der Waals surface area (Å²) in [7, 11) is 1.75. The third-order valence-electron chi connectivity index (χ3n) is 7.91. The van der Waals surface area contributed by atoms with E-state index in [1.54, 1.807) is 13.3 Å². The Labute approximate surface area is 195 Å². The molecule has 2 aliphatic carbocycles. The molecule has 1 heterocycles. The number of carbonyl (C=O) groups excluding carboxylic acids is 1. The number of unbranched alkanes of at least 4 members (excludes halogenated alkanes) is 3. The van der Waals surface area contributed by atoms with Gasteiger partial charge in [-0.15, -0.1) is 0 Å². The van der Waals surface area contributed by atoms with E-state index in [-0.39, 0.29) is 11.9 Å². The van der Waals surface area contributed by atoms with Gasteiger partial charge in [-0.3, -0.25) is 9.78 Å². The molecule has 2 saturated carbocycles. The summed E-state index contributed by atoms with van der Waals surface area (Å²) < 4.78 is 10.8. The average molecular weight is 444 g/mol. The predicted molar refractivity (Wildman–Crippen MR) is 130 cm³/mol. The van der Waals surface area contributed by atoms with Crippen LogP contribution in [-0.4, -0.2) is 24.7 Å². The fourth-order valence-corrected chi connectivity index (χ4v) is 5.91. The SMILES string of the molecule is CCCC1CCC(C2CCC(C(=O)Oc3ccc(CCCCCCOC)nc3)CC2)CC1. The zero-order chi connectivity index (χ0) is 22.6. The van der Waals surface area contributed by atoms with E-state index in [0.29, 0.717) is 5.75 Å². The molecular weight excluding hydrogens is 398 g/mol. The molecule has 0 N–H and O–H groups in total. The first-order valence-corrected chi connectivity index (χ1v) is 13.3. The monoisotopic (exact) mass is 443 g/mol. The van der Waals surface area contributed by atoms with Crippen molar-refractivity contribution >= 4 is 5.97 Å². The van der Waals surface area contributed by atoms with Crippen LogP contribution in [0.5, 0.6) is 5.75 Å². The van der Waals surface area contributed by atoms with E-state index in [2.05, 4.69) is 11.9 Å². The Morgan fingerprint density at radius 1 is 0.938 bits per heavy atom. The number of hydrogen-bond acceptors (Lipinski definition) is 4. The van der Waals surface area contributed by atoms with Gasteiger partial charge in [0.25, 0.3) is 0 Å². The summed E-state index contributed by atoms with van der Waals surface area (Å²) in [6.45, 7) is 3.16. The number of esters is 1. The summed E-state index contributed by atoms with van der Waals surface area (Å²) in [5, 5.41) is 0. The zero-order valence-electron chi connectivity index (χ0n) is 20.5. The number of methoxy groups -OCH3 is 1. The number of ether oxygens (including phenoxy) is 2. The van der Waals surface area contributed by atoms with Gasteiger partial charge in [0.1, 0.15) is 5.75 Å². The lowest BCUT2D eigenvalue weighted by atomic mass is 9.69. The van der Waals surface area contributed by atoms with Gasteiger partial charge < -0.3 is 9.47 Å². The first-order valence-electron chi connectivity index (χ1n) is 13.3. The Kier molecular flexibility index (Phi) is 11.0. The molecule has 4 nitrogen and oxygen atoms in total. The van der Waals surface area contributed by atoms with Gasteiger partial charge in [-0.1, -0.05) is 45.4 Å². The molecule has 32 heavy (non-hydrogen) atoms. The summed E-state index contributed by atoms with van der Waals surface area (Å²) in [6, 6.07) is 3.91. The first kappa shape index (κ1) is 25.2. The molecule has 2 aliphatic rings. The first-order chi connectivity index (χ1) is 15.7. The van der Waals surface area contributed by atoms with Crippen molar-refractivity contribution < 1.29 is 14.3 Å². The van der Waals surface area contributed by atoms with E-state index in [1.165, 1.54) is 64.2 Å². The highest BCUT2D eigenvalue weighted by Gasteiger charge is 2.33. The van der Waals surface area contributed by atoms with Crippen LogP contribution in [0.1, 0.15) is 103 Å². The lowest BCUT2D eigenvalue weighted by molar-refractivity contribution is -0.140.